The van der Waals surface area contributed by atoms with Crippen LogP contribution in [0.25, 0.3) is 0 Å². The van der Waals surface area contributed by atoms with Crippen LogP contribution in [0.5, 0.6) is 0 Å². The number of aromatic nitrogens is 1. The van der Waals surface area contributed by atoms with E-state index in [4.69, 9.17) is 11.6 Å². The minimum absolute atomic E-state index is 0.295. The van der Waals surface area contributed by atoms with Gasteiger partial charge in [-0.25, -0.2) is 9.37 Å². The number of nitrogens with zero attached hydrogens (tertiary/aromatic N) is 1. The molecule has 1 amide bonds. The highest BCUT2D eigenvalue weighted by Gasteiger charge is 2.08. The molecule has 0 radical (unpaired) electrons. The third kappa shape index (κ3) is 2.84. The highest BCUT2D eigenvalue weighted by Crippen LogP contribution is 2.14. The lowest BCUT2D eigenvalue weighted by Crippen LogP contribution is -2.12. The van der Waals surface area contributed by atoms with E-state index in [1.807, 2.05) is 0 Å². The van der Waals surface area contributed by atoms with E-state index in [9.17, 15) is 9.18 Å². The largest absolute Gasteiger partial charge is 0.322 e. The smallest absolute Gasteiger partial charge is 0.255 e. The topological polar surface area (TPSA) is 42.0 Å². The summed E-state index contributed by atoms with van der Waals surface area (Å²) in [6, 6.07) is 7.35. The monoisotopic (exact) mass is 264 g/mol. The van der Waals surface area contributed by atoms with E-state index in [2.05, 4.69) is 10.3 Å². The average Bonchev–Trinajstić information content (AvgIpc) is 2.32. The van der Waals surface area contributed by atoms with Crippen LogP contribution in [0.4, 0.5) is 10.1 Å². The summed E-state index contributed by atoms with van der Waals surface area (Å²) in [5.41, 5.74) is 1.36. The van der Waals surface area contributed by atoms with Gasteiger partial charge in [0.15, 0.2) is 0 Å². The molecule has 1 heterocycles. The maximum atomic E-state index is 13.1. The molecule has 0 fully saturated rings. The minimum atomic E-state index is -0.335. The third-order valence-electron chi connectivity index (χ3n) is 2.40. The van der Waals surface area contributed by atoms with Crippen LogP contribution in [-0.2, 0) is 0 Å². The van der Waals surface area contributed by atoms with Gasteiger partial charge in [-0.3, -0.25) is 4.79 Å². The third-order valence-corrected chi connectivity index (χ3v) is 2.61. The van der Waals surface area contributed by atoms with Crippen molar-refractivity contribution in [2.45, 2.75) is 6.92 Å². The van der Waals surface area contributed by atoms with Gasteiger partial charge in [0, 0.05) is 17.4 Å². The fourth-order valence-corrected chi connectivity index (χ4v) is 1.64. The average molecular weight is 265 g/mol. The van der Waals surface area contributed by atoms with E-state index in [0.29, 0.717) is 22.0 Å². The second-order valence-electron chi connectivity index (χ2n) is 3.79. The van der Waals surface area contributed by atoms with Crippen molar-refractivity contribution in [2.75, 3.05) is 5.32 Å². The summed E-state index contributed by atoms with van der Waals surface area (Å²) in [5.74, 6) is -0.654. The van der Waals surface area contributed by atoms with Crippen LogP contribution in [0, 0.1) is 12.7 Å². The molecule has 92 valence electrons. The SMILES string of the molecule is Cc1cc(C(=O)Nc2ccnc(Cl)c2)ccc1F. The number of pyridine rings is 1. The first kappa shape index (κ1) is 12.5. The summed E-state index contributed by atoms with van der Waals surface area (Å²) >= 11 is 5.71. The van der Waals surface area contributed by atoms with Crippen molar-refractivity contribution in [3.63, 3.8) is 0 Å². The van der Waals surface area contributed by atoms with Crippen LogP contribution >= 0.6 is 11.6 Å². The molecule has 3 nitrogen and oxygen atoms in total. The molecule has 0 bridgehead atoms. The van der Waals surface area contributed by atoms with Crippen molar-refractivity contribution >= 4 is 23.2 Å². The van der Waals surface area contributed by atoms with E-state index < -0.39 is 0 Å². The van der Waals surface area contributed by atoms with Crippen LogP contribution < -0.4 is 5.32 Å². The first-order valence-electron chi connectivity index (χ1n) is 5.25. The zero-order valence-corrected chi connectivity index (χ0v) is 10.3. The lowest BCUT2D eigenvalue weighted by atomic mass is 10.1. The fraction of sp³-hybridized carbons (Fsp3) is 0.0769. The Morgan fingerprint density at radius 2 is 2.11 bits per heavy atom. The number of carbonyl (C=O) groups excluding carboxylic acids is 1. The zero-order valence-electron chi connectivity index (χ0n) is 9.58. The Hall–Kier alpha value is -1.94. The van der Waals surface area contributed by atoms with Crippen LogP contribution in [0.2, 0.25) is 5.15 Å². The van der Waals surface area contributed by atoms with Crippen molar-refractivity contribution in [1.29, 1.82) is 0 Å². The van der Waals surface area contributed by atoms with Crippen molar-refractivity contribution in [2.24, 2.45) is 0 Å². The lowest BCUT2D eigenvalue weighted by Gasteiger charge is -2.06. The van der Waals surface area contributed by atoms with Gasteiger partial charge in [0.1, 0.15) is 11.0 Å². The molecule has 5 heteroatoms. The first-order chi connectivity index (χ1) is 8.56. The van der Waals surface area contributed by atoms with Crippen LogP contribution in [0.3, 0.4) is 0 Å². The summed E-state index contributed by atoms with van der Waals surface area (Å²) < 4.78 is 13.1. The maximum Gasteiger partial charge on any atom is 0.255 e. The molecule has 0 aliphatic heterocycles. The highest BCUT2D eigenvalue weighted by molar-refractivity contribution is 6.29. The molecule has 0 saturated heterocycles. The van der Waals surface area contributed by atoms with E-state index in [1.165, 1.54) is 30.5 Å². The standard InChI is InChI=1S/C13H10ClFN2O/c1-8-6-9(2-3-11(8)15)13(18)17-10-4-5-16-12(14)7-10/h2-7H,1H3,(H,16,17,18). The first-order valence-corrected chi connectivity index (χ1v) is 5.63. The molecule has 0 spiro atoms. The number of anilines is 1. The van der Waals surface area contributed by atoms with E-state index >= 15 is 0 Å². The molecule has 1 N–H and O–H groups in total. The van der Waals surface area contributed by atoms with Gasteiger partial charge in [0.25, 0.3) is 5.91 Å². The molecule has 0 atom stereocenters. The number of aryl methyl sites for hydroxylation is 1. The number of halogens is 2. The Bertz CT molecular complexity index is 601. The van der Waals surface area contributed by atoms with Gasteiger partial charge < -0.3 is 5.32 Å². The molecule has 2 aromatic rings. The van der Waals surface area contributed by atoms with Gasteiger partial charge in [-0.15, -0.1) is 0 Å². The molecule has 1 aromatic heterocycles. The van der Waals surface area contributed by atoms with Gasteiger partial charge in [-0.05, 0) is 42.8 Å². The van der Waals surface area contributed by atoms with E-state index in [-0.39, 0.29) is 11.7 Å². The zero-order chi connectivity index (χ0) is 13.1. The molecule has 0 aliphatic rings. The Balaban J connectivity index is 2.19. The number of nitrogens with one attached hydrogen (secondary N) is 1. The number of rotatable bonds is 2. The fourth-order valence-electron chi connectivity index (χ4n) is 1.47. The van der Waals surface area contributed by atoms with Crippen molar-refractivity contribution < 1.29 is 9.18 Å². The second-order valence-corrected chi connectivity index (χ2v) is 4.17. The van der Waals surface area contributed by atoms with Crippen molar-refractivity contribution in [3.8, 4) is 0 Å². The predicted molar refractivity (Wildman–Crippen MR) is 68.3 cm³/mol. The molecular formula is C13H10ClFN2O. The summed E-state index contributed by atoms with van der Waals surface area (Å²) in [7, 11) is 0. The van der Waals surface area contributed by atoms with Crippen LogP contribution in [-0.4, -0.2) is 10.9 Å². The predicted octanol–water partition coefficient (Wildman–Crippen LogP) is 3.43. The Kier molecular flexibility index (Phi) is 3.58. The molecule has 18 heavy (non-hydrogen) atoms. The Labute approximate surface area is 109 Å². The quantitative estimate of drug-likeness (QED) is 0.845. The number of carbonyl (C=O) groups is 1. The normalized spacial score (nSPS) is 10.2. The number of hydrogen-bond donors (Lipinski definition) is 1. The minimum Gasteiger partial charge on any atom is -0.322 e. The maximum absolute atomic E-state index is 13.1. The summed E-state index contributed by atoms with van der Waals surface area (Å²) in [6.45, 7) is 1.61. The van der Waals surface area contributed by atoms with E-state index in [0.717, 1.165) is 0 Å². The molecular weight excluding hydrogens is 255 g/mol. The molecule has 0 aliphatic carbocycles. The van der Waals surface area contributed by atoms with Crippen molar-refractivity contribution in [3.05, 3.63) is 58.6 Å². The molecule has 0 unspecified atom stereocenters. The Morgan fingerprint density at radius 1 is 1.33 bits per heavy atom. The lowest BCUT2D eigenvalue weighted by molar-refractivity contribution is 0.102. The summed E-state index contributed by atoms with van der Waals surface area (Å²) in [5, 5.41) is 2.95. The van der Waals surface area contributed by atoms with Gasteiger partial charge in [0.2, 0.25) is 0 Å². The van der Waals surface area contributed by atoms with Gasteiger partial charge >= 0.3 is 0 Å². The van der Waals surface area contributed by atoms with E-state index in [1.54, 1.807) is 13.0 Å². The van der Waals surface area contributed by atoms with Crippen molar-refractivity contribution in [1.82, 2.24) is 4.98 Å². The van der Waals surface area contributed by atoms with Crippen LogP contribution in [0.1, 0.15) is 15.9 Å². The molecule has 1 aromatic carbocycles. The Morgan fingerprint density at radius 3 is 2.78 bits per heavy atom. The highest BCUT2D eigenvalue weighted by atomic mass is 35.5. The molecule has 0 saturated carbocycles. The number of hydrogen-bond acceptors (Lipinski definition) is 2. The van der Waals surface area contributed by atoms with Gasteiger partial charge in [0.05, 0.1) is 0 Å². The van der Waals surface area contributed by atoms with Crippen LogP contribution in [0.15, 0.2) is 36.5 Å². The number of benzene rings is 1. The number of amides is 1. The van der Waals surface area contributed by atoms with Gasteiger partial charge in [-0.1, -0.05) is 11.6 Å². The van der Waals surface area contributed by atoms with Gasteiger partial charge in [-0.2, -0.15) is 0 Å². The molecule has 2 rings (SSSR count). The summed E-state index contributed by atoms with van der Waals surface area (Å²) in [4.78, 5) is 15.7. The second kappa shape index (κ2) is 5.14. The summed E-state index contributed by atoms with van der Waals surface area (Å²) in [6.07, 6.45) is 1.49.